The van der Waals surface area contributed by atoms with Gasteiger partial charge in [-0.15, -0.1) is 0 Å². The lowest BCUT2D eigenvalue weighted by Crippen LogP contribution is -2.02. The SMILES string of the molecule is COC[C@@H]1C=C[C@H](C)C1. The van der Waals surface area contributed by atoms with Gasteiger partial charge < -0.3 is 4.74 Å². The molecule has 0 aromatic rings. The van der Waals surface area contributed by atoms with Gasteiger partial charge in [0.25, 0.3) is 0 Å². The predicted molar refractivity (Wildman–Crippen MR) is 38.3 cm³/mol. The lowest BCUT2D eigenvalue weighted by atomic mass is 10.1. The summed E-state index contributed by atoms with van der Waals surface area (Å²) in [5.41, 5.74) is 0. The molecule has 0 aromatic carbocycles. The summed E-state index contributed by atoms with van der Waals surface area (Å²) in [5.74, 6) is 1.45. The van der Waals surface area contributed by atoms with Crippen molar-refractivity contribution in [2.24, 2.45) is 11.8 Å². The summed E-state index contributed by atoms with van der Waals surface area (Å²) in [7, 11) is 1.76. The Bertz CT molecular complexity index is 107. The first kappa shape index (κ1) is 6.81. The van der Waals surface area contributed by atoms with Gasteiger partial charge in [0.05, 0.1) is 6.61 Å². The van der Waals surface area contributed by atoms with Gasteiger partial charge >= 0.3 is 0 Å². The number of hydrogen-bond donors (Lipinski definition) is 0. The van der Waals surface area contributed by atoms with Crippen LogP contribution in [0.4, 0.5) is 0 Å². The molecule has 1 heteroatoms. The summed E-state index contributed by atoms with van der Waals surface area (Å²) in [5, 5.41) is 0. The third-order valence-electron chi connectivity index (χ3n) is 1.77. The van der Waals surface area contributed by atoms with E-state index in [-0.39, 0.29) is 0 Å². The quantitative estimate of drug-likeness (QED) is 0.513. The third kappa shape index (κ3) is 1.83. The molecule has 1 rings (SSSR count). The van der Waals surface area contributed by atoms with E-state index >= 15 is 0 Å². The first-order valence-electron chi connectivity index (χ1n) is 3.50. The zero-order chi connectivity index (χ0) is 6.69. The van der Waals surface area contributed by atoms with E-state index < -0.39 is 0 Å². The molecule has 9 heavy (non-hydrogen) atoms. The summed E-state index contributed by atoms with van der Waals surface area (Å²) in [4.78, 5) is 0. The van der Waals surface area contributed by atoms with Crippen LogP contribution in [0.3, 0.4) is 0 Å². The molecule has 0 amide bonds. The molecule has 1 aliphatic rings. The molecular formula is C8H14O. The van der Waals surface area contributed by atoms with Crippen molar-refractivity contribution >= 4 is 0 Å². The Labute approximate surface area is 56.7 Å². The summed E-state index contributed by atoms with van der Waals surface area (Å²) >= 11 is 0. The summed E-state index contributed by atoms with van der Waals surface area (Å²) in [6, 6.07) is 0. The van der Waals surface area contributed by atoms with E-state index in [1.54, 1.807) is 7.11 Å². The van der Waals surface area contributed by atoms with Crippen LogP contribution in [0.2, 0.25) is 0 Å². The van der Waals surface area contributed by atoms with Gasteiger partial charge in [0.2, 0.25) is 0 Å². The van der Waals surface area contributed by atoms with Crippen LogP contribution in [0.5, 0.6) is 0 Å². The van der Waals surface area contributed by atoms with Crippen LogP contribution in [-0.4, -0.2) is 13.7 Å². The van der Waals surface area contributed by atoms with Crippen molar-refractivity contribution in [3.8, 4) is 0 Å². The standard InChI is InChI=1S/C8H14O/c1-7-3-4-8(5-7)6-9-2/h3-4,7-8H,5-6H2,1-2H3/t7-,8+/m0/s1. The predicted octanol–water partition coefficient (Wildman–Crippen LogP) is 1.85. The molecule has 1 aliphatic carbocycles. The van der Waals surface area contributed by atoms with Gasteiger partial charge in [-0.1, -0.05) is 19.1 Å². The molecule has 2 atom stereocenters. The zero-order valence-corrected chi connectivity index (χ0v) is 6.13. The minimum absolute atomic E-state index is 0.685. The molecule has 0 N–H and O–H groups in total. The monoisotopic (exact) mass is 126 g/mol. The molecule has 0 radical (unpaired) electrons. The molecule has 0 bridgehead atoms. The Morgan fingerprint density at radius 2 is 2.33 bits per heavy atom. The Morgan fingerprint density at radius 3 is 2.78 bits per heavy atom. The van der Waals surface area contributed by atoms with Crippen molar-refractivity contribution < 1.29 is 4.74 Å². The van der Waals surface area contributed by atoms with Crippen molar-refractivity contribution in [1.29, 1.82) is 0 Å². The Kier molecular flexibility index (Phi) is 2.29. The van der Waals surface area contributed by atoms with Gasteiger partial charge in [-0.3, -0.25) is 0 Å². The molecule has 0 fully saturated rings. The second kappa shape index (κ2) is 3.02. The van der Waals surface area contributed by atoms with E-state index in [0.717, 1.165) is 12.5 Å². The van der Waals surface area contributed by atoms with Crippen molar-refractivity contribution in [3.63, 3.8) is 0 Å². The van der Waals surface area contributed by atoms with Crippen LogP contribution < -0.4 is 0 Å². The van der Waals surface area contributed by atoms with Gasteiger partial charge in [-0.05, 0) is 12.3 Å². The van der Waals surface area contributed by atoms with E-state index in [2.05, 4.69) is 19.1 Å². The highest BCUT2D eigenvalue weighted by Crippen LogP contribution is 2.22. The molecule has 0 spiro atoms. The first-order chi connectivity index (χ1) is 4.33. The van der Waals surface area contributed by atoms with Crippen molar-refractivity contribution in [1.82, 2.24) is 0 Å². The van der Waals surface area contributed by atoms with Crippen LogP contribution in [0, 0.1) is 11.8 Å². The van der Waals surface area contributed by atoms with E-state index in [4.69, 9.17) is 4.74 Å². The normalized spacial score (nSPS) is 33.6. The zero-order valence-electron chi connectivity index (χ0n) is 6.13. The van der Waals surface area contributed by atoms with Crippen LogP contribution in [0.15, 0.2) is 12.2 Å². The maximum absolute atomic E-state index is 5.02. The minimum atomic E-state index is 0.685. The lowest BCUT2D eigenvalue weighted by Gasteiger charge is -2.05. The summed E-state index contributed by atoms with van der Waals surface area (Å²) in [6.07, 6.45) is 5.80. The Hall–Kier alpha value is -0.300. The highest BCUT2D eigenvalue weighted by Gasteiger charge is 2.13. The fraction of sp³-hybridized carbons (Fsp3) is 0.750. The number of hydrogen-bond acceptors (Lipinski definition) is 1. The van der Waals surface area contributed by atoms with Gasteiger partial charge in [0, 0.05) is 13.0 Å². The second-order valence-electron chi connectivity index (χ2n) is 2.81. The highest BCUT2D eigenvalue weighted by molar-refractivity contribution is 5.00. The number of rotatable bonds is 2. The number of allylic oxidation sites excluding steroid dienone is 1. The maximum Gasteiger partial charge on any atom is 0.0525 e. The molecular weight excluding hydrogens is 112 g/mol. The molecule has 0 saturated heterocycles. The van der Waals surface area contributed by atoms with E-state index in [1.165, 1.54) is 6.42 Å². The Morgan fingerprint density at radius 1 is 1.56 bits per heavy atom. The third-order valence-corrected chi connectivity index (χ3v) is 1.77. The van der Waals surface area contributed by atoms with E-state index in [9.17, 15) is 0 Å². The van der Waals surface area contributed by atoms with Crippen LogP contribution >= 0.6 is 0 Å². The van der Waals surface area contributed by atoms with Crippen molar-refractivity contribution in [3.05, 3.63) is 12.2 Å². The maximum atomic E-state index is 5.02. The van der Waals surface area contributed by atoms with E-state index in [1.807, 2.05) is 0 Å². The molecule has 0 saturated carbocycles. The molecule has 0 aliphatic heterocycles. The smallest absolute Gasteiger partial charge is 0.0525 e. The number of methoxy groups -OCH3 is 1. The minimum Gasteiger partial charge on any atom is -0.384 e. The van der Waals surface area contributed by atoms with E-state index in [0.29, 0.717) is 5.92 Å². The molecule has 52 valence electrons. The molecule has 0 heterocycles. The lowest BCUT2D eigenvalue weighted by molar-refractivity contribution is 0.166. The van der Waals surface area contributed by atoms with Crippen LogP contribution in [-0.2, 0) is 4.74 Å². The first-order valence-corrected chi connectivity index (χ1v) is 3.50. The fourth-order valence-electron chi connectivity index (χ4n) is 1.32. The molecule has 0 unspecified atom stereocenters. The van der Waals surface area contributed by atoms with Crippen molar-refractivity contribution in [2.75, 3.05) is 13.7 Å². The van der Waals surface area contributed by atoms with Gasteiger partial charge in [0.1, 0.15) is 0 Å². The van der Waals surface area contributed by atoms with Gasteiger partial charge in [-0.25, -0.2) is 0 Å². The van der Waals surface area contributed by atoms with Crippen LogP contribution in [0.25, 0.3) is 0 Å². The van der Waals surface area contributed by atoms with Crippen LogP contribution in [0.1, 0.15) is 13.3 Å². The molecule has 1 nitrogen and oxygen atoms in total. The fourth-order valence-corrected chi connectivity index (χ4v) is 1.32. The Balaban J connectivity index is 2.24. The number of ether oxygens (including phenoxy) is 1. The summed E-state index contributed by atoms with van der Waals surface area (Å²) < 4.78 is 5.02. The topological polar surface area (TPSA) is 9.23 Å². The average Bonchev–Trinajstić information content (AvgIpc) is 2.17. The largest absolute Gasteiger partial charge is 0.384 e. The average molecular weight is 126 g/mol. The molecule has 0 aromatic heterocycles. The highest BCUT2D eigenvalue weighted by atomic mass is 16.5. The summed E-state index contributed by atoms with van der Waals surface area (Å²) in [6.45, 7) is 3.13. The second-order valence-corrected chi connectivity index (χ2v) is 2.81. The van der Waals surface area contributed by atoms with Gasteiger partial charge in [0.15, 0.2) is 0 Å². The van der Waals surface area contributed by atoms with Gasteiger partial charge in [-0.2, -0.15) is 0 Å². The van der Waals surface area contributed by atoms with Crippen molar-refractivity contribution in [2.45, 2.75) is 13.3 Å².